The molecule has 4 nitrogen and oxygen atoms in total. The van der Waals surface area contributed by atoms with Crippen LogP contribution in [0, 0.1) is 5.92 Å². The summed E-state index contributed by atoms with van der Waals surface area (Å²) < 4.78 is 0. The Hall–Kier alpha value is -0.610. The number of amides is 1. The van der Waals surface area contributed by atoms with Crippen LogP contribution in [0.1, 0.15) is 47.0 Å². The van der Waals surface area contributed by atoms with Gasteiger partial charge in [-0.15, -0.1) is 0 Å². The van der Waals surface area contributed by atoms with E-state index in [1.165, 1.54) is 13.0 Å². The Morgan fingerprint density at radius 1 is 1.26 bits per heavy atom. The van der Waals surface area contributed by atoms with Crippen molar-refractivity contribution in [2.24, 2.45) is 5.92 Å². The minimum atomic E-state index is -0.0820. The molecule has 1 amide bonds. The van der Waals surface area contributed by atoms with Crippen molar-refractivity contribution in [3.63, 3.8) is 0 Å². The van der Waals surface area contributed by atoms with E-state index in [1.807, 2.05) is 6.92 Å². The molecule has 0 aliphatic carbocycles. The number of likely N-dealkylation sites (tertiary alicyclic amines) is 1. The third kappa shape index (κ3) is 6.39. The lowest BCUT2D eigenvalue weighted by Crippen LogP contribution is -2.50. The Balaban J connectivity index is 2.22. The zero-order valence-corrected chi connectivity index (χ0v) is 13.0. The van der Waals surface area contributed by atoms with E-state index in [0.717, 1.165) is 32.5 Å². The van der Waals surface area contributed by atoms with Gasteiger partial charge in [-0.3, -0.25) is 4.79 Å². The highest BCUT2D eigenvalue weighted by Gasteiger charge is 2.22. The van der Waals surface area contributed by atoms with Crippen molar-refractivity contribution in [1.29, 1.82) is 0 Å². The average molecular weight is 269 g/mol. The first-order valence-corrected chi connectivity index (χ1v) is 7.79. The van der Waals surface area contributed by atoms with Crippen LogP contribution >= 0.6 is 0 Å². The summed E-state index contributed by atoms with van der Waals surface area (Å²) in [5, 5.41) is 6.45. The molecule has 0 saturated carbocycles. The fourth-order valence-corrected chi connectivity index (χ4v) is 2.53. The Morgan fingerprint density at radius 3 is 2.42 bits per heavy atom. The number of hydrogen-bond donors (Lipinski definition) is 2. The van der Waals surface area contributed by atoms with Gasteiger partial charge in [-0.05, 0) is 51.7 Å². The fourth-order valence-electron chi connectivity index (χ4n) is 2.53. The van der Waals surface area contributed by atoms with Crippen LogP contribution in [0.25, 0.3) is 0 Å². The smallest absolute Gasteiger partial charge is 0.236 e. The molecule has 1 aliphatic rings. The Bertz CT molecular complexity index is 260. The van der Waals surface area contributed by atoms with E-state index in [1.54, 1.807) is 0 Å². The van der Waals surface area contributed by atoms with E-state index in [0.29, 0.717) is 12.0 Å². The lowest BCUT2D eigenvalue weighted by atomic mass is 10.0. The van der Waals surface area contributed by atoms with Gasteiger partial charge in [-0.1, -0.05) is 20.8 Å². The van der Waals surface area contributed by atoms with Crippen molar-refractivity contribution in [1.82, 2.24) is 15.5 Å². The Morgan fingerprint density at radius 2 is 1.89 bits per heavy atom. The van der Waals surface area contributed by atoms with Crippen LogP contribution in [-0.2, 0) is 4.79 Å². The molecule has 0 radical (unpaired) electrons. The maximum Gasteiger partial charge on any atom is 0.236 e. The van der Waals surface area contributed by atoms with Gasteiger partial charge in [0, 0.05) is 12.6 Å². The van der Waals surface area contributed by atoms with Crippen LogP contribution in [0.2, 0.25) is 0 Å². The highest BCUT2D eigenvalue weighted by atomic mass is 16.2. The van der Waals surface area contributed by atoms with Gasteiger partial charge < -0.3 is 15.5 Å². The van der Waals surface area contributed by atoms with Gasteiger partial charge in [-0.2, -0.15) is 0 Å². The molecule has 0 aromatic heterocycles. The van der Waals surface area contributed by atoms with E-state index in [9.17, 15) is 4.79 Å². The van der Waals surface area contributed by atoms with Crippen molar-refractivity contribution in [2.75, 3.05) is 26.2 Å². The molecule has 0 bridgehead atoms. The molecule has 112 valence electrons. The molecule has 0 aromatic carbocycles. The molecule has 1 fully saturated rings. The molecule has 19 heavy (non-hydrogen) atoms. The number of hydrogen-bond acceptors (Lipinski definition) is 3. The number of nitrogens with zero attached hydrogens (tertiary/aromatic N) is 1. The first-order valence-electron chi connectivity index (χ1n) is 7.79. The van der Waals surface area contributed by atoms with E-state index in [4.69, 9.17) is 0 Å². The summed E-state index contributed by atoms with van der Waals surface area (Å²) in [6.45, 7) is 12.7. The van der Waals surface area contributed by atoms with Gasteiger partial charge in [0.05, 0.1) is 6.04 Å². The summed E-state index contributed by atoms with van der Waals surface area (Å²) >= 11 is 0. The van der Waals surface area contributed by atoms with Crippen LogP contribution in [0.5, 0.6) is 0 Å². The van der Waals surface area contributed by atoms with E-state index in [2.05, 4.69) is 36.3 Å². The van der Waals surface area contributed by atoms with E-state index >= 15 is 0 Å². The van der Waals surface area contributed by atoms with Crippen LogP contribution in [0.3, 0.4) is 0 Å². The zero-order valence-electron chi connectivity index (χ0n) is 13.0. The number of carbonyl (C=O) groups excluding carboxylic acids is 1. The molecule has 0 spiro atoms. The van der Waals surface area contributed by atoms with Gasteiger partial charge in [0.1, 0.15) is 0 Å². The summed E-state index contributed by atoms with van der Waals surface area (Å²) in [5.41, 5.74) is 0. The van der Waals surface area contributed by atoms with Crippen molar-refractivity contribution < 1.29 is 4.79 Å². The SMILES string of the molecule is CCCN1CCC(NC(C)C(=O)NCC(C)C)CC1. The van der Waals surface area contributed by atoms with Gasteiger partial charge in [0.2, 0.25) is 5.91 Å². The molecule has 0 aromatic rings. The van der Waals surface area contributed by atoms with Crippen molar-refractivity contribution in [2.45, 2.75) is 59.0 Å². The van der Waals surface area contributed by atoms with Crippen molar-refractivity contribution in [3.8, 4) is 0 Å². The quantitative estimate of drug-likeness (QED) is 0.738. The fraction of sp³-hybridized carbons (Fsp3) is 0.933. The predicted molar refractivity (Wildman–Crippen MR) is 80.2 cm³/mol. The lowest BCUT2D eigenvalue weighted by molar-refractivity contribution is -0.123. The molecular weight excluding hydrogens is 238 g/mol. The normalized spacial score (nSPS) is 19.6. The maximum absolute atomic E-state index is 11.9. The Kier molecular flexibility index (Phi) is 7.39. The monoisotopic (exact) mass is 269 g/mol. The molecule has 1 unspecified atom stereocenters. The number of rotatable bonds is 7. The van der Waals surface area contributed by atoms with Gasteiger partial charge in [-0.25, -0.2) is 0 Å². The summed E-state index contributed by atoms with van der Waals surface area (Å²) in [7, 11) is 0. The van der Waals surface area contributed by atoms with Crippen LogP contribution in [-0.4, -0.2) is 49.1 Å². The largest absolute Gasteiger partial charge is 0.354 e. The molecule has 1 atom stereocenters. The maximum atomic E-state index is 11.9. The second-order valence-electron chi connectivity index (χ2n) is 6.14. The molecule has 4 heteroatoms. The number of piperidine rings is 1. The van der Waals surface area contributed by atoms with Gasteiger partial charge in [0.25, 0.3) is 0 Å². The summed E-state index contributed by atoms with van der Waals surface area (Å²) in [6.07, 6.45) is 3.54. The zero-order chi connectivity index (χ0) is 14.3. The van der Waals surface area contributed by atoms with Crippen molar-refractivity contribution >= 4 is 5.91 Å². The van der Waals surface area contributed by atoms with Crippen LogP contribution in [0.4, 0.5) is 0 Å². The first-order chi connectivity index (χ1) is 9.02. The first kappa shape index (κ1) is 16.4. The number of carbonyl (C=O) groups is 1. The summed E-state index contributed by atoms with van der Waals surface area (Å²) in [6, 6.07) is 0.411. The molecule has 2 N–H and O–H groups in total. The Labute approximate surface area is 118 Å². The standard InChI is InChI=1S/C15H31N3O/c1-5-8-18-9-6-14(7-10-18)17-13(4)15(19)16-11-12(2)3/h12-14,17H,5-11H2,1-4H3,(H,16,19). The van der Waals surface area contributed by atoms with Gasteiger partial charge in [0.15, 0.2) is 0 Å². The second-order valence-corrected chi connectivity index (χ2v) is 6.14. The summed E-state index contributed by atoms with van der Waals surface area (Å²) in [4.78, 5) is 14.4. The highest BCUT2D eigenvalue weighted by Crippen LogP contribution is 2.11. The minimum absolute atomic E-state index is 0.0820. The molecular formula is C15H31N3O. The van der Waals surface area contributed by atoms with Crippen LogP contribution in [0.15, 0.2) is 0 Å². The van der Waals surface area contributed by atoms with E-state index < -0.39 is 0 Å². The van der Waals surface area contributed by atoms with Crippen molar-refractivity contribution in [3.05, 3.63) is 0 Å². The van der Waals surface area contributed by atoms with E-state index in [-0.39, 0.29) is 11.9 Å². The molecule has 1 saturated heterocycles. The predicted octanol–water partition coefficient (Wildman–Crippen LogP) is 1.61. The molecule has 1 rings (SSSR count). The third-order valence-corrected chi connectivity index (χ3v) is 3.69. The molecule has 1 aliphatic heterocycles. The summed E-state index contributed by atoms with van der Waals surface area (Å²) in [5.74, 6) is 0.637. The third-order valence-electron chi connectivity index (χ3n) is 3.69. The van der Waals surface area contributed by atoms with Gasteiger partial charge >= 0.3 is 0 Å². The van der Waals surface area contributed by atoms with Crippen LogP contribution < -0.4 is 10.6 Å². The minimum Gasteiger partial charge on any atom is -0.354 e. The topological polar surface area (TPSA) is 44.4 Å². The highest BCUT2D eigenvalue weighted by molar-refractivity contribution is 5.81. The molecule has 1 heterocycles. The average Bonchev–Trinajstić information content (AvgIpc) is 2.38. The number of nitrogens with one attached hydrogen (secondary N) is 2. The lowest BCUT2D eigenvalue weighted by Gasteiger charge is -2.33. The second kappa shape index (κ2) is 8.54.